The number of hydrogen-bond donors (Lipinski definition) is 3. The number of nitrogens with zero attached hydrogens (tertiary/aromatic N) is 5. The first kappa shape index (κ1) is 31.3. The number of piperidine rings is 1. The predicted molar refractivity (Wildman–Crippen MR) is 171 cm³/mol. The molecule has 6 rings (SSSR count). The summed E-state index contributed by atoms with van der Waals surface area (Å²) in [5, 5.41) is 22.6. The number of aliphatic hydroxyl groups is 1. The molecule has 0 spiro atoms. The Bertz CT molecular complexity index is 1520. The van der Waals surface area contributed by atoms with E-state index in [-0.39, 0.29) is 5.91 Å². The standard InChI is InChI=1S/C32H36Cl2N6O5/c33-24-15-23(16-25(34)17-24)27-13-22(20-38-7-3-21(4-8-38)18-36-31(42)43)14-29(37-27)45-26-1-2-28(35-19-26)39-9-11-40(12-10-39)30(41)32(44)5-6-32/h1-2,13-17,19,21,36,44H,3-12,18,20H2,(H,42,43). The molecule has 2 amide bonds. The molecule has 11 nitrogen and oxygen atoms in total. The number of pyridine rings is 2. The van der Waals surface area contributed by atoms with Crippen LogP contribution in [0.4, 0.5) is 10.6 Å². The molecule has 0 unspecified atom stereocenters. The minimum absolute atomic E-state index is 0.162. The molecule has 2 aliphatic heterocycles. The van der Waals surface area contributed by atoms with Gasteiger partial charge in [-0.25, -0.2) is 14.8 Å². The number of hydrogen-bond acceptors (Lipinski definition) is 8. The summed E-state index contributed by atoms with van der Waals surface area (Å²) in [5.41, 5.74) is 1.33. The molecule has 0 bridgehead atoms. The second-order valence-electron chi connectivity index (χ2n) is 12.0. The van der Waals surface area contributed by atoms with Crippen LogP contribution in [0.1, 0.15) is 31.2 Å². The maximum atomic E-state index is 12.5. The Hall–Kier alpha value is -3.64. The van der Waals surface area contributed by atoms with Crippen LogP contribution in [0, 0.1) is 5.92 Å². The topological polar surface area (TPSA) is 131 Å². The number of carbonyl (C=O) groups is 2. The highest BCUT2D eigenvalue weighted by atomic mass is 35.5. The van der Waals surface area contributed by atoms with Crippen molar-refractivity contribution in [1.82, 2.24) is 25.1 Å². The Labute approximate surface area is 271 Å². The quantitative estimate of drug-likeness (QED) is 0.295. The van der Waals surface area contributed by atoms with Crippen molar-refractivity contribution in [2.24, 2.45) is 5.92 Å². The van der Waals surface area contributed by atoms with Gasteiger partial charge in [-0.2, -0.15) is 0 Å². The molecule has 4 heterocycles. The molecule has 238 valence electrons. The lowest BCUT2D eigenvalue weighted by Crippen LogP contribution is -2.52. The van der Waals surface area contributed by atoms with Gasteiger partial charge in [-0.05, 0) is 86.7 Å². The summed E-state index contributed by atoms with van der Waals surface area (Å²) in [4.78, 5) is 38.9. The number of amides is 2. The van der Waals surface area contributed by atoms with Crippen molar-refractivity contribution in [2.75, 3.05) is 50.7 Å². The average Bonchev–Trinajstić information content (AvgIpc) is 3.78. The number of ether oxygens (including phenoxy) is 1. The van der Waals surface area contributed by atoms with Gasteiger partial charge in [0, 0.05) is 60.9 Å². The number of likely N-dealkylation sites (tertiary alicyclic amines) is 1. The van der Waals surface area contributed by atoms with Crippen LogP contribution >= 0.6 is 23.2 Å². The number of carbonyl (C=O) groups excluding carboxylic acids is 1. The fraction of sp³-hybridized carbons (Fsp3) is 0.438. The maximum absolute atomic E-state index is 12.5. The van der Waals surface area contributed by atoms with Gasteiger partial charge in [0.1, 0.15) is 17.2 Å². The van der Waals surface area contributed by atoms with Gasteiger partial charge < -0.3 is 30.1 Å². The van der Waals surface area contributed by atoms with E-state index in [0.29, 0.717) is 85.4 Å². The summed E-state index contributed by atoms with van der Waals surface area (Å²) in [6, 6.07) is 13.0. The number of anilines is 1. The van der Waals surface area contributed by atoms with Gasteiger partial charge in [-0.15, -0.1) is 0 Å². The van der Waals surface area contributed by atoms with E-state index in [1.165, 1.54) is 0 Å². The zero-order valence-corrected chi connectivity index (χ0v) is 26.3. The fourth-order valence-corrected chi connectivity index (χ4v) is 6.42. The molecule has 2 aromatic heterocycles. The van der Waals surface area contributed by atoms with Gasteiger partial charge in [-0.3, -0.25) is 9.69 Å². The lowest BCUT2D eigenvalue weighted by molar-refractivity contribution is -0.142. The molecule has 3 aromatic rings. The molecule has 3 N–H and O–H groups in total. The third kappa shape index (κ3) is 7.96. The van der Waals surface area contributed by atoms with Crippen molar-refractivity contribution < 1.29 is 24.5 Å². The summed E-state index contributed by atoms with van der Waals surface area (Å²) in [7, 11) is 0. The zero-order valence-electron chi connectivity index (χ0n) is 24.8. The van der Waals surface area contributed by atoms with Crippen molar-refractivity contribution >= 4 is 41.0 Å². The highest BCUT2D eigenvalue weighted by molar-refractivity contribution is 6.35. The predicted octanol–water partition coefficient (Wildman–Crippen LogP) is 4.90. The van der Waals surface area contributed by atoms with Gasteiger partial charge in [0.05, 0.1) is 11.9 Å². The molecule has 3 aliphatic rings. The third-order valence-electron chi connectivity index (χ3n) is 8.63. The van der Waals surface area contributed by atoms with Crippen LogP contribution in [-0.2, 0) is 11.3 Å². The van der Waals surface area contributed by atoms with E-state index in [0.717, 1.165) is 42.9 Å². The molecule has 13 heteroatoms. The monoisotopic (exact) mass is 654 g/mol. The Kier molecular flexibility index (Phi) is 9.32. The molecule has 0 radical (unpaired) electrons. The Morgan fingerprint density at radius 1 is 0.978 bits per heavy atom. The first-order valence-electron chi connectivity index (χ1n) is 15.2. The van der Waals surface area contributed by atoms with E-state index in [4.69, 9.17) is 38.0 Å². The molecule has 1 aliphatic carbocycles. The normalized spacial score (nSPS) is 18.5. The summed E-state index contributed by atoms with van der Waals surface area (Å²) in [6.07, 6.45) is 3.61. The molecule has 0 atom stereocenters. The Balaban J connectivity index is 1.14. The minimum Gasteiger partial charge on any atom is -0.465 e. The van der Waals surface area contributed by atoms with E-state index >= 15 is 0 Å². The Morgan fingerprint density at radius 2 is 1.69 bits per heavy atom. The van der Waals surface area contributed by atoms with Crippen molar-refractivity contribution in [3.63, 3.8) is 0 Å². The fourth-order valence-electron chi connectivity index (χ4n) is 5.90. The number of halogens is 2. The van der Waals surface area contributed by atoms with Crippen LogP contribution in [0.5, 0.6) is 11.6 Å². The number of carboxylic acid groups (broad SMARTS) is 1. The molecular weight excluding hydrogens is 619 g/mol. The second-order valence-corrected chi connectivity index (χ2v) is 12.9. The van der Waals surface area contributed by atoms with E-state index < -0.39 is 11.7 Å². The first-order valence-corrected chi connectivity index (χ1v) is 16.0. The van der Waals surface area contributed by atoms with Crippen LogP contribution in [0.15, 0.2) is 48.7 Å². The van der Waals surface area contributed by atoms with Crippen LogP contribution in [0.25, 0.3) is 11.3 Å². The van der Waals surface area contributed by atoms with Crippen LogP contribution in [-0.4, -0.2) is 93.4 Å². The largest absolute Gasteiger partial charge is 0.465 e. The Morgan fingerprint density at radius 3 is 2.31 bits per heavy atom. The van der Waals surface area contributed by atoms with Crippen LogP contribution in [0.2, 0.25) is 10.0 Å². The average molecular weight is 656 g/mol. The lowest BCUT2D eigenvalue weighted by atomic mass is 9.96. The smallest absolute Gasteiger partial charge is 0.404 e. The van der Waals surface area contributed by atoms with Gasteiger partial charge >= 0.3 is 6.09 Å². The third-order valence-corrected chi connectivity index (χ3v) is 9.07. The molecule has 3 fully saturated rings. The van der Waals surface area contributed by atoms with E-state index in [1.807, 2.05) is 36.4 Å². The molecule has 2 saturated heterocycles. The number of aromatic nitrogens is 2. The summed E-state index contributed by atoms with van der Waals surface area (Å²) in [6.45, 7) is 5.24. The van der Waals surface area contributed by atoms with Crippen LogP contribution < -0.4 is 15.0 Å². The maximum Gasteiger partial charge on any atom is 0.404 e. The zero-order chi connectivity index (χ0) is 31.6. The summed E-state index contributed by atoms with van der Waals surface area (Å²) < 4.78 is 6.22. The van der Waals surface area contributed by atoms with Gasteiger partial charge in [0.25, 0.3) is 5.91 Å². The molecular formula is C32H36Cl2N6O5. The van der Waals surface area contributed by atoms with E-state index in [2.05, 4.69) is 20.1 Å². The first-order chi connectivity index (χ1) is 21.6. The highest BCUT2D eigenvalue weighted by Gasteiger charge is 2.50. The lowest BCUT2D eigenvalue weighted by Gasteiger charge is -2.36. The van der Waals surface area contributed by atoms with Crippen molar-refractivity contribution in [3.8, 4) is 22.9 Å². The highest BCUT2D eigenvalue weighted by Crippen LogP contribution is 2.37. The minimum atomic E-state index is -1.14. The van der Waals surface area contributed by atoms with Crippen molar-refractivity contribution in [1.29, 1.82) is 0 Å². The molecule has 45 heavy (non-hydrogen) atoms. The number of rotatable bonds is 9. The second kappa shape index (κ2) is 13.4. The van der Waals surface area contributed by atoms with Gasteiger partial charge in [0.15, 0.2) is 0 Å². The van der Waals surface area contributed by atoms with Crippen LogP contribution in [0.3, 0.4) is 0 Å². The van der Waals surface area contributed by atoms with Gasteiger partial charge in [0.2, 0.25) is 5.88 Å². The molecule has 1 saturated carbocycles. The van der Waals surface area contributed by atoms with Crippen molar-refractivity contribution in [3.05, 3.63) is 64.3 Å². The number of piperazine rings is 1. The molecule has 1 aromatic carbocycles. The SMILES string of the molecule is O=C(O)NCC1CCN(Cc2cc(Oc3ccc(N4CCN(C(=O)C5(O)CC5)CC4)nc3)nc(-c3cc(Cl)cc(Cl)c3)c2)CC1. The van der Waals surface area contributed by atoms with E-state index in [1.54, 1.807) is 17.2 Å². The van der Waals surface area contributed by atoms with Gasteiger partial charge in [-0.1, -0.05) is 23.2 Å². The van der Waals surface area contributed by atoms with Crippen molar-refractivity contribution in [2.45, 2.75) is 37.8 Å². The number of benzene rings is 1. The summed E-state index contributed by atoms with van der Waals surface area (Å²) >= 11 is 12.6. The van der Waals surface area contributed by atoms with E-state index in [9.17, 15) is 14.7 Å². The number of nitrogens with one attached hydrogen (secondary N) is 1. The summed E-state index contributed by atoms with van der Waals surface area (Å²) in [5.74, 6) is 1.91.